The third kappa shape index (κ3) is 4.08. The average molecular weight is 383 g/mol. The molecule has 0 aliphatic heterocycles. The first kappa shape index (κ1) is 20.1. The molecule has 5 heteroatoms. The van der Waals surface area contributed by atoms with E-state index in [1.165, 1.54) is 0 Å². The Kier molecular flexibility index (Phi) is 5.54. The Labute approximate surface area is 166 Å². The molecule has 1 amide bonds. The molecule has 0 saturated carbocycles. The van der Waals surface area contributed by atoms with Crippen LogP contribution in [0, 0.1) is 11.3 Å². The molecule has 28 heavy (non-hydrogen) atoms. The van der Waals surface area contributed by atoms with Crippen molar-refractivity contribution in [1.29, 1.82) is 0 Å². The largest absolute Gasteiger partial charge is 0.496 e. The fourth-order valence-electron chi connectivity index (χ4n) is 3.88. The number of hydrogen-bond donors (Lipinski definition) is 2. The van der Waals surface area contributed by atoms with Crippen LogP contribution in [0.4, 0.5) is 4.79 Å². The predicted molar refractivity (Wildman–Crippen MR) is 110 cm³/mol. The normalized spacial score (nSPS) is 17.3. The van der Waals surface area contributed by atoms with Crippen LogP contribution in [0.2, 0.25) is 0 Å². The highest BCUT2D eigenvalue weighted by molar-refractivity contribution is 5.74. The topological polar surface area (TPSA) is 67.8 Å². The molecule has 2 N–H and O–H groups in total. The molecule has 0 heterocycles. The van der Waals surface area contributed by atoms with E-state index in [1.54, 1.807) is 7.11 Å². The molecule has 1 aliphatic carbocycles. The van der Waals surface area contributed by atoms with E-state index in [2.05, 4.69) is 39.1 Å². The Morgan fingerprint density at radius 3 is 2.68 bits per heavy atom. The van der Waals surface area contributed by atoms with Crippen LogP contribution in [0.25, 0.3) is 11.1 Å². The van der Waals surface area contributed by atoms with E-state index in [-0.39, 0.29) is 11.5 Å². The Morgan fingerprint density at radius 2 is 2.04 bits per heavy atom. The zero-order chi connectivity index (χ0) is 20.5. The van der Waals surface area contributed by atoms with Gasteiger partial charge in [0.05, 0.1) is 19.8 Å². The first-order valence-corrected chi connectivity index (χ1v) is 9.65. The van der Waals surface area contributed by atoms with Gasteiger partial charge >= 0.3 is 6.09 Å². The number of hydrogen-bond acceptors (Lipinski definition) is 3. The van der Waals surface area contributed by atoms with Gasteiger partial charge in [-0.3, -0.25) is 0 Å². The van der Waals surface area contributed by atoms with Crippen molar-refractivity contribution in [3.05, 3.63) is 47.5 Å². The predicted octanol–water partition coefficient (Wildman–Crippen LogP) is 5.29. The number of rotatable bonds is 6. The van der Waals surface area contributed by atoms with Crippen molar-refractivity contribution in [2.45, 2.75) is 40.2 Å². The quantitative estimate of drug-likeness (QED) is 0.711. The SMILES string of the molecule is COc1cc2c(cc1-c1cccc(OCC(C)C)c1)CC(C)(C)C2NC(=O)O. The zero-order valence-electron chi connectivity index (χ0n) is 17.2. The second-order valence-electron chi connectivity index (χ2n) is 8.53. The molecular weight excluding hydrogens is 354 g/mol. The number of nitrogens with one attached hydrogen (secondary N) is 1. The van der Waals surface area contributed by atoms with Gasteiger partial charge in [0.25, 0.3) is 0 Å². The highest BCUT2D eigenvalue weighted by Crippen LogP contribution is 2.48. The molecule has 0 radical (unpaired) electrons. The maximum Gasteiger partial charge on any atom is 0.405 e. The second kappa shape index (κ2) is 7.74. The number of amides is 1. The molecule has 0 spiro atoms. The van der Waals surface area contributed by atoms with Crippen LogP contribution in [-0.4, -0.2) is 24.9 Å². The van der Waals surface area contributed by atoms with Crippen molar-refractivity contribution in [1.82, 2.24) is 5.32 Å². The van der Waals surface area contributed by atoms with E-state index < -0.39 is 6.09 Å². The maximum atomic E-state index is 11.3. The monoisotopic (exact) mass is 383 g/mol. The third-order valence-electron chi connectivity index (χ3n) is 5.20. The average Bonchev–Trinajstić information content (AvgIpc) is 2.88. The lowest BCUT2D eigenvalue weighted by molar-refractivity contribution is 0.175. The van der Waals surface area contributed by atoms with Gasteiger partial charge in [0.15, 0.2) is 0 Å². The van der Waals surface area contributed by atoms with Crippen LogP contribution in [0.5, 0.6) is 11.5 Å². The Balaban J connectivity index is 2.01. The van der Waals surface area contributed by atoms with Crippen molar-refractivity contribution in [3.8, 4) is 22.6 Å². The minimum atomic E-state index is -1.01. The Morgan fingerprint density at radius 1 is 1.29 bits per heavy atom. The van der Waals surface area contributed by atoms with Crippen LogP contribution in [-0.2, 0) is 6.42 Å². The van der Waals surface area contributed by atoms with Crippen molar-refractivity contribution < 1.29 is 19.4 Å². The van der Waals surface area contributed by atoms with Crippen LogP contribution >= 0.6 is 0 Å². The van der Waals surface area contributed by atoms with Gasteiger partial charge in [-0.15, -0.1) is 0 Å². The third-order valence-corrected chi connectivity index (χ3v) is 5.20. The zero-order valence-corrected chi connectivity index (χ0v) is 17.2. The van der Waals surface area contributed by atoms with Crippen LogP contribution in [0.3, 0.4) is 0 Å². The number of benzene rings is 2. The summed E-state index contributed by atoms with van der Waals surface area (Å²) in [6.45, 7) is 9.08. The summed E-state index contributed by atoms with van der Waals surface area (Å²) in [4.78, 5) is 11.3. The maximum absolute atomic E-state index is 11.3. The number of ether oxygens (including phenoxy) is 2. The standard InChI is InChI=1S/C23H29NO4/c1-14(2)13-28-17-8-6-7-15(9-17)18-10-16-12-23(3,4)21(24-22(25)26)19(16)11-20(18)27-5/h6-11,14,21,24H,12-13H2,1-5H3,(H,25,26). The number of carbonyl (C=O) groups is 1. The van der Waals surface area contributed by atoms with Crippen molar-refractivity contribution in [2.75, 3.05) is 13.7 Å². The van der Waals surface area contributed by atoms with Crippen LogP contribution in [0.1, 0.15) is 44.9 Å². The lowest BCUT2D eigenvalue weighted by atomic mass is 9.85. The van der Waals surface area contributed by atoms with Gasteiger partial charge in [-0.1, -0.05) is 39.8 Å². The van der Waals surface area contributed by atoms with E-state index in [0.717, 1.165) is 40.2 Å². The summed E-state index contributed by atoms with van der Waals surface area (Å²) in [6, 6.07) is 11.9. The molecule has 3 rings (SSSR count). The van der Waals surface area contributed by atoms with Gasteiger partial charge < -0.3 is 19.9 Å². The van der Waals surface area contributed by atoms with Gasteiger partial charge in [-0.2, -0.15) is 0 Å². The van der Waals surface area contributed by atoms with Crippen molar-refractivity contribution >= 4 is 6.09 Å². The molecule has 0 aromatic heterocycles. The summed E-state index contributed by atoms with van der Waals surface area (Å²) >= 11 is 0. The van der Waals surface area contributed by atoms with Gasteiger partial charge in [0.1, 0.15) is 11.5 Å². The fraction of sp³-hybridized carbons (Fsp3) is 0.435. The van der Waals surface area contributed by atoms with E-state index >= 15 is 0 Å². The molecule has 0 bridgehead atoms. The first-order valence-electron chi connectivity index (χ1n) is 9.65. The number of fused-ring (bicyclic) bond motifs is 1. The summed E-state index contributed by atoms with van der Waals surface area (Å²) in [7, 11) is 1.64. The second-order valence-corrected chi connectivity index (χ2v) is 8.53. The van der Waals surface area contributed by atoms with Gasteiger partial charge in [0, 0.05) is 5.56 Å². The van der Waals surface area contributed by atoms with E-state index in [9.17, 15) is 9.90 Å². The summed E-state index contributed by atoms with van der Waals surface area (Å²) in [5.41, 5.74) is 3.94. The molecule has 0 fully saturated rings. The number of methoxy groups -OCH3 is 1. The van der Waals surface area contributed by atoms with E-state index in [1.807, 2.05) is 30.3 Å². The molecular formula is C23H29NO4. The molecule has 5 nitrogen and oxygen atoms in total. The van der Waals surface area contributed by atoms with E-state index in [0.29, 0.717) is 12.5 Å². The summed E-state index contributed by atoms with van der Waals surface area (Å²) in [5.74, 6) is 2.02. The lowest BCUT2D eigenvalue weighted by Crippen LogP contribution is -2.34. The molecule has 1 atom stereocenters. The first-order chi connectivity index (χ1) is 13.2. The van der Waals surface area contributed by atoms with Crippen molar-refractivity contribution in [3.63, 3.8) is 0 Å². The molecule has 1 unspecified atom stereocenters. The Hall–Kier alpha value is -2.69. The minimum Gasteiger partial charge on any atom is -0.496 e. The van der Waals surface area contributed by atoms with E-state index in [4.69, 9.17) is 9.47 Å². The smallest absolute Gasteiger partial charge is 0.405 e. The molecule has 0 saturated heterocycles. The molecule has 1 aliphatic rings. The highest BCUT2D eigenvalue weighted by Gasteiger charge is 2.40. The highest BCUT2D eigenvalue weighted by atomic mass is 16.5. The molecule has 150 valence electrons. The summed E-state index contributed by atoms with van der Waals surface area (Å²) in [5, 5.41) is 11.9. The fourth-order valence-corrected chi connectivity index (χ4v) is 3.88. The minimum absolute atomic E-state index is 0.202. The molecule has 2 aromatic carbocycles. The van der Waals surface area contributed by atoms with Crippen LogP contribution < -0.4 is 14.8 Å². The van der Waals surface area contributed by atoms with Gasteiger partial charge in [0.2, 0.25) is 0 Å². The molecule has 2 aromatic rings. The van der Waals surface area contributed by atoms with Crippen molar-refractivity contribution in [2.24, 2.45) is 11.3 Å². The Bertz CT molecular complexity index is 873. The lowest BCUT2D eigenvalue weighted by Gasteiger charge is -2.27. The summed E-state index contributed by atoms with van der Waals surface area (Å²) < 4.78 is 11.5. The van der Waals surface area contributed by atoms with Gasteiger partial charge in [-0.25, -0.2) is 4.79 Å². The number of carboxylic acid groups (broad SMARTS) is 1. The van der Waals surface area contributed by atoms with Crippen LogP contribution in [0.15, 0.2) is 36.4 Å². The summed E-state index contributed by atoms with van der Waals surface area (Å²) in [6.07, 6.45) is -0.211. The van der Waals surface area contributed by atoms with Gasteiger partial charge in [-0.05, 0) is 58.7 Å².